The highest BCUT2D eigenvalue weighted by molar-refractivity contribution is 7.99. The average Bonchev–Trinajstić information content (AvgIpc) is 3.32. The normalized spacial score (nSPS) is 21.0. The molecule has 1 unspecified atom stereocenters. The number of aromatic nitrogens is 3. The monoisotopic (exact) mass is 395 g/mol. The van der Waals surface area contributed by atoms with Gasteiger partial charge in [0.1, 0.15) is 0 Å². The molecule has 1 aromatic heterocycles. The predicted molar refractivity (Wildman–Crippen MR) is 108 cm³/mol. The number of carbonyl (C=O) groups excluding carboxylic acids is 1. The van der Waals surface area contributed by atoms with Crippen LogP contribution < -0.4 is 10.2 Å². The van der Waals surface area contributed by atoms with Crippen LogP contribution in [0.3, 0.4) is 0 Å². The summed E-state index contributed by atoms with van der Waals surface area (Å²) in [4.78, 5) is 14.4. The number of nitrogens with zero attached hydrogens (tertiary/aromatic N) is 4. The Labute approximate surface area is 166 Å². The third-order valence-corrected chi connectivity index (χ3v) is 6.33. The molecule has 0 aliphatic carbocycles. The fourth-order valence-corrected chi connectivity index (χ4v) is 4.34. The first-order valence-electron chi connectivity index (χ1n) is 10.4. The first-order valence-corrected chi connectivity index (χ1v) is 11.3. The third-order valence-electron chi connectivity index (χ3n) is 5.36. The molecule has 8 heteroatoms. The molecule has 3 heterocycles. The van der Waals surface area contributed by atoms with Crippen LogP contribution in [0.1, 0.15) is 52.4 Å². The van der Waals surface area contributed by atoms with E-state index in [1.54, 1.807) is 0 Å². The summed E-state index contributed by atoms with van der Waals surface area (Å²) in [5.41, 5.74) is 0. The summed E-state index contributed by atoms with van der Waals surface area (Å²) < 4.78 is 8.02. The average molecular weight is 396 g/mol. The zero-order valence-electron chi connectivity index (χ0n) is 16.7. The summed E-state index contributed by atoms with van der Waals surface area (Å²) in [6.45, 7) is 8.83. The minimum atomic E-state index is 0.0634. The van der Waals surface area contributed by atoms with Gasteiger partial charge in [0.15, 0.2) is 5.16 Å². The van der Waals surface area contributed by atoms with Crippen LogP contribution >= 0.6 is 11.8 Å². The van der Waals surface area contributed by atoms with Crippen molar-refractivity contribution < 1.29 is 9.53 Å². The SMILES string of the molecule is CCCCNC(=O)CSc1nnc(N2CCC(C)CC2)n1CC1CCCO1. The highest BCUT2D eigenvalue weighted by atomic mass is 32.2. The molecule has 1 amide bonds. The second kappa shape index (κ2) is 10.3. The number of hydrogen-bond acceptors (Lipinski definition) is 6. The van der Waals surface area contributed by atoms with Gasteiger partial charge >= 0.3 is 0 Å². The molecular formula is C19H33N5O2S. The second-order valence-electron chi connectivity index (χ2n) is 7.69. The number of rotatable bonds is 9. The lowest BCUT2D eigenvalue weighted by Gasteiger charge is -2.31. The van der Waals surface area contributed by atoms with Crippen molar-refractivity contribution in [1.29, 1.82) is 0 Å². The smallest absolute Gasteiger partial charge is 0.230 e. The second-order valence-corrected chi connectivity index (χ2v) is 8.63. The van der Waals surface area contributed by atoms with Crippen molar-refractivity contribution >= 4 is 23.6 Å². The molecule has 2 aliphatic rings. The van der Waals surface area contributed by atoms with Gasteiger partial charge in [0.05, 0.1) is 18.4 Å². The fraction of sp³-hybridized carbons (Fsp3) is 0.842. The van der Waals surface area contributed by atoms with E-state index in [9.17, 15) is 4.79 Å². The van der Waals surface area contributed by atoms with E-state index in [1.165, 1.54) is 24.6 Å². The van der Waals surface area contributed by atoms with Crippen LogP contribution in [-0.2, 0) is 16.1 Å². The van der Waals surface area contributed by atoms with Gasteiger partial charge in [-0.05, 0) is 38.0 Å². The van der Waals surface area contributed by atoms with Gasteiger partial charge in [0.25, 0.3) is 0 Å². The number of unbranched alkanes of at least 4 members (excludes halogenated alkanes) is 1. The highest BCUT2D eigenvalue weighted by Crippen LogP contribution is 2.27. The van der Waals surface area contributed by atoms with Gasteiger partial charge in [-0.3, -0.25) is 9.36 Å². The van der Waals surface area contributed by atoms with Gasteiger partial charge in [-0.1, -0.05) is 32.0 Å². The molecule has 2 fully saturated rings. The minimum absolute atomic E-state index is 0.0634. The molecule has 2 aliphatic heterocycles. The van der Waals surface area contributed by atoms with Crippen LogP contribution in [0.15, 0.2) is 5.16 Å². The number of thioether (sulfide) groups is 1. The number of carbonyl (C=O) groups is 1. The molecule has 1 N–H and O–H groups in total. The number of piperidine rings is 1. The van der Waals surface area contributed by atoms with Gasteiger partial charge in [0.2, 0.25) is 11.9 Å². The highest BCUT2D eigenvalue weighted by Gasteiger charge is 2.26. The fourth-order valence-electron chi connectivity index (χ4n) is 3.57. The standard InChI is InChI=1S/C19H33N5O2S/c1-3-4-9-20-17(25)14-27-19-22-21-18(23-10-7-15(2)8-11-23)24(19)13-16-6-5-12-26-16/h15-16H,3-14H2,1-2H3,(H,20,25). The Balaban J connectivity index is 1.65. The van der Waals surface area contributed by atoms with Gasteiger partial charge in [-0.25, -0.2) is 0 Å². The Morgan fingerprint density at radius 3 is 2.81 bits per heavy atom. The maximum Gasteiger partial charge on any atom is 0.230 e. The van der Waals surface area contributed by atoms with E-state index in [2.05, 4.69) is 38.8 Å². The van der Waals surface area contributed by atoms with Crippen molar-refractivity contribution in [2.75, 3.05) is 36.9 Å². The van der Waals surface area contributed by atoms with Crippen LogP contribution in [0.4, 0.5) is 5.95 Å². The van der Waals surface area contributed by atoms with Crippen molar-refractivity contribution in [2.45, 2.75) is 70.2 Å². The van der Waals surface area contributed by atoms with Crippen LogP contribution in [0.2, 0.25) is 0 Å². The van der Waals surface area contributed by atoms with Crippen molar-refractivity contribution in [2.24, 2.45) is 5.92 Å². The van der Waals surface area contributed by atoms with E-state index in [-0.39, 0.29) is 12.0 Å². The van der Waals surface area contributed by atoms with Crippen molar-refractivity contribution in [3.63, 3.8) is 0 Å². The van der Waals surface area contributed by atoms with E-state index in [0.717, 1.165) is 75.5 Å². The summed E-state index contributed by atoms with van der Waals surface area (Å²) in [6.07, 6.45) is 6.90. The number of anilines is 1. The van der Waals surface area contributed by atoms with Crippen molar-refractivity contribution in [1.82, 2.24) is 20.1 Å². The quantitative estimate of drug-likeness (QED) is 0.512. The molecule has 1 aromatic rings. The maximum atomic E-state index is 12.1. The lowest BCUT2D eigenvalue weighted by Crippen LogP contribution is -2.35. The topological polar surface area (TPSA) is 72.3 Å². The Hall–Kier alpha value is -1.28. The number of hydrogen-bond donors (Lipinski definition) is 1. The Bertz CT molecular complexity index is 595. The molecule has 0 spiro atoms. The largest absolute Gasteiger partial charge is 0.376 e. The molecule has 152 valence electrons. The van der Waals surface area contributed by atoms with Crippen molar-refractivity contribution in [3.05, 3.63) is 0 Å². The molecule has 0 saturated carbocycles. The van der Waals surface area contributed by atoms with Gasteiger partial charge in [0, 0.05) is 26.2 Å². The molecule has 27 heavy (non-hydrogen) atoms. The molecule has 0 bridgehead atoms. The zero-order chi connectivity index (χ0) is 19.1. The Morgan fingerprint density at radius 2 is 2.11 bits per heavy atom. The molecule has 7 nitrogen and oxygen atoms in total. The first kappa shape index (κ1) is 20.5. The zero-order valence-corrected chi connectivity index (χ0v) is 17.5. The molecule has 3 rings (SSSR count). The molecule has 0 aromatic carbocycles. The van der Waals surface area contributed by atoms with Crippen LogP contribution in [0.5, 0.6) is 0 Å². The first-order chi connectivity index (χ1) is 13.2. The molecular weight excluding hydrogens is 362 g/mol. The lowest BCUT2D eigenvalue weighted by molar-refractivity contribution is -0.118. The summed E-state index contributed by atoms with van der Waals surface area (Å²) >= 11 is 1.48. The maximum absolute atomic E-state index is 12.1. The van der Waals surface area contributed by atoms with E-state index in [1.807, 2.05) is 0 Å². The van der Waals surface area contributed by atoms with E-state index < -0.39 is 0 Å². The Kier molecular flexibility index (Phi) is 7.81. The predicted octanol–water partition coefficient (Wildman–Crippen LogP) is 2.70. The third kappa shape index (κ3) is 5.85. The lowest BCUT2D eigenvalue weighted by atomic mass is 10.00. The Morgan fingerprint density at radius 1 is 1.30 bits per heavy atom. The summed E-state index contributed by atoms with van der Waals surface area (Å²) in [6, 6.07) is 0. The van der Waals surface area contributed by atoms with Gasteiger partial charge in [-0.2, -0.15) is 0 Å². The van der Waals surface area contributed by atoms with E-state index in [4.69, 9.17) is 4.74 Å². The number of ether oxygens (including phenoxy) is 1. The van der Waals surface area contributed by atoms with E-state index in [0.29, 0.717) is 5.75 Å². The molecule has 2 saturated heterocycles. The van der Waals surface area contributed by atoms with Crippen LogP contribution in [0.25, 0.3) is 0 Å². The van der Waals surface area contributed by atoms with Gasteiger partial charge < -0.3 is 15.0 Å². The van der Waals surface area contributed by atoms with Crippen molar-refractivity contribution in [3.8, 4) is 0 Å². The summed E-state index contributed by atoms with van der Waals surface area (Å²) in [5.74, 6) is 2.15. The van der Waals surface area contributed by atoms with Crippen LogP contribution in [-0.4, -0.2) is 58.8 Å². The minimum Gasteiger partial charge on any atom is -0.376 e. The number of nitrogens with one attached hydrogen (secondary N) is 1. The molecule has 1 atom stereocenters. The molecule has 0 radical (unpaired) electrons. The summed E-state index contributed by atoms with van der Waals surface area (Å²) in [5, 5.41) is 12.7. The number of amides is 1. The van der Waals surface area contributed by atoms with Gasteiger partial charge in [-0.15, -0.1) is 10.2 Å². The summed E-state index contributed by atoms with van der Waals surface area (Å²) in [7, 11) is 0. The van der Waals surface area contributed by atoms with Crippen LogP contribution in [0, 0.1) is 5.92 Å². The van der Waals surface area contributed by atoms with E-state index >= 15 is 0 Å².